The summed E-state index contributed by atoms with van der Waals surface area (Å²) in [7, 11) is 0. The zero-order valence-electron chi connectivity index (χ0n) is 10.3. The molecule has 1 aromatic carbocycles. The summed E-state index contributed by atoms with van der Waals surface area (Å²) in [4.78, 5) is 11.7. The van der Waals surface area contributed by atoms with Crippen molar-refractivity contribution in [2.75, 3.05) is 6.61 Å². The van der Waals surface area contributed by atoms with Crippen LogP contribution in [0.5, 0.6) is 0 Å². The number of carbonyl (C=O) groups is 1. The molecule has 20 heavy (non-hydrogen) atoms. The summed E-state index contributed by atoms with van der Waals surface area (Å²) in [5.74, 6) is -1.08. The minimum atomic E-state index is -1.97. The SMILES string of the molecule is C=CC(COC(=O)c1ccccc1)OC(=N)C(Cl)(Cl)Cl. The summed E-state index contributed by atoms with van der Waals surface area (Å²) in [6.07, 6.45) is 0.578. The molecule has 1 unspecified atom stereocenters. The number of benzene rings is 1. The molecule has 108 valence electrons. The first-order chi connectivity index (χ1) is 9.34. The van der Waals surface area contributed by atoms with Crippen LogP contribution in [0.25, 0.3) is 0 Å². The van der Waals surface area contributed by atoms with E-state index < -0.39 is 21.8 Å². The highest BCUT2D eigenvalue weighted by molar-refractivity contribution is 6.76. The van der Waals surface area contributed by atoms with Gasteiger partial charge in [0.1, 0.15) is 6.61 Å². The molecular weight excluding hydrogens is 325 g/mol. The second kappa shape index (κ2) is 7.53. The smallest absolute Gasteiger partial charge is 0.338 e. The largest absolute Gasteiger partial charge is 0.467 e. The highest BCUT2D eigenvalue weighted by Gasteiger charge is 2.30. The highest BCUT2D eigenvalue weighted by Crippen LogP contribution is 2.28. The van der Waals surface area contributed by atoms with E-state index in [0.717, 1.165) is 0 Å². The second-order valence-corrected chi connectivity index (χ2v) is 5.96. The molecule has 0 bridgehead atoms. The Morgan fingerprint density at radius 1 is 1.35 bits per heavy atom. The molecule has 0 aliphatic heterocycles. The molecule has 0 saturated carbocycles. The summed E-state index contributed by atoms with van der Waals surface area (Å²) >= 11 is 16.4. The lowest BCUT2D eigenvalue weighted by Crippen LogP contribution is -2.29. The average molecular weight is 337 g/mol. The van der Waals surface area contributed by atoms with Gasteiger partial charge in [0.25, 0.3) is 3.79 Å². The summed E-state index contributed by atoms with van der Waals surface area (Å²) in [5.41, 5.74) is 0.409. The highest BCUT2D eigenvalue weighted by atomic mass is 35.6. The van der Waals surface area contributed by atoms with Crippen LogP contribution >= 0.6 is 34.8 Å². The van der Waals surface area contributed by atoms with E-state index in [1.807, 2.05) is 0 Å². The predicted molar refractivity (Wildman–Crippen MR) is 79.8 cm³/mol. The van der Waals surface area contributed by atoms with Crippen LogP contribution in [-0.4, -0.2) is 28.4 Å². The number of hydrogen-bond donors (Lipinski definition) is 1. The van der Waals surface area contributed by atoms with Gasteiger partial charge in [-0.25, -0.2) is 4.79 Å². The maximum Gasteiger partial charge on any atom is 0.338 e. The van der Waals surface area contributed by atoms with Gasteiger partial charge in [-0.3, -0.25) is 5.41 Å². The average Bonchev–Trinajstić information content (AvgIpc) is 2.42. The Hall–Kier alpha value is -1.23. The molecule has 0 heterocycles. The Morgan fingerprint density at radius 2 is 1.95 bits per heavy atom. The molecule has 0 aromatic heterocycles. The van der Waals surface area contributed by atoms with Crippen molar-refractivity contribution in [1.82, 2.24) is 0 Å². The fourth-order valence-corrected chi connectivity index (χ4v) is 1.32. The summed E-state index contributed by atoms with van der Waals surface area (Å²) < 4.78 is 8.11. The van der Waals surface area contributed by atoms with Crippen molar-refractivity contribution in [3.8, 4) is 0 Å². The molecule has 0 saturated heterocycles. The third-order valence-corrected chi connectivity index (χ3v) is 2.69. The van der Waals surface area contributed by atoms with Crippen molar-refractivity contribution in [3.05, 3.63) is 48.6 Å². The van der Waals surface area contributed by atoms with Crippen LogP contribution in [0.15, 0.2) is 43.0 Å². The number of hydrogen-bond acceptors (Lipinski definition) is 4. The Labute approximate surface area is 131 Å². The molecule has 0 spiro atoms. The first kappa shape index (κ1) is 16.8. The Morgan fingerprint density at radius 3 is 2.45 bits per heavy atom. The van der Waals surface area contributed by atoms with E-state index in [1.54, 1.807) is 30.3 Å². The zero-order chi connectivity index (χ0) is 15.2. The quantitative estimate of drug-likeness (QED) is 0.293. The standard InChI is InChI=1S/C13H12Cl3NO3/c1-2-10(20-12(17)13(14,15)16)8-19-11(18)9-6-4-3-5-7-9/h2-7,10,17H,1,8H2. The molecule has 0 radical (unpaired) electrons. The van der Waals surface area contributed by atoms with Gasteiger partial charge in [-0.1, -0.05) is 59.6 Å². The van der Waals surface area contributed by atoms with E-state index in [4.69, 9.17) is 49.7 Å². The molecule has 4 nitrogen and oxygen atoms in total. The monoisotopic (exact) mass is 335 g/mol. The van der Waals surface area contributed by atoms with E-state index in [9.17, 15) is 4.79 Å². The number of carbonyl (C=O) groups excluding carboxylic acids is 1. The van der Waals surface area contributed by atoms with Crippen molar-refractivity contribution >= 4 is 46.7 Å². The lowest BCUT2D eigenvalue weighted by atomic mass is 10.2. The number of nitrogens with one attached hydrogen (secondary N) is 1. The van der Waals surface area contributed by atoms with E-state index in [2.05, 4.69) is 6.58 Å². The van der Waals surface area contributed by atoms with E-state index >= 15 is 0 Å². The minimum Gasteiger partial charge on any atom is -0.467 e. The number of esters is 1. The first-order valence-electron chi connectivity index (χ1n) is 5.51. The molecule has 0 aliphatic carbocycles. The molecular formula is C13H12Cl3NO3. The molecule has 0 amide bonds. The van der Waals surface area contributed by atoms with Gasteiger partial charge in [0.2, 0.25) is 5.90 Å². The number of ether oxygens (including phenoxy) is 2. The van der Waals surface area contributed by atoms with E-state index in [1.165, 1.54) is 6.08 Å². The number of halogens is 3. The molecule has 7 heteroatoms. The molecule has 1 aromatic rings. The summed E-state index contributed by atoms with van der Waals surface area (Å²) in [5, 5.41) is 7.42. The van der Waals surface area contributed by atoms with E-state index in [-0.39, 0.29) is 6.61 Å². The van der Waals surface area contributed by atoms with Crippen molar-refractivity contribution < 1.29 is 14.3 Å². The lowest BCUT2D eigenvalue weighted by Gasteiger charge is -2.19. The van der Waals surface area contributed by atoms with Crippen LogP contribution in [0, 0.1) is 5.41 Å². The van der Waals surface area contributed by atoms with Crippen molar-refractivity contribution in [2.24, 2.45) is 0 Å². The van der Waals surface area contributed by atoms with Gasteiger partial charge >= 0.3 is 5.97 Å². The first-order valence-corrected chi connectivity index (χ1v) is 6.65. The van der Waals surface area contributed by atoms with Crippen LogP contribution in [0.3, 0.4) is 0 Å². The fraction of sp³-hybridized carbons (Fsp3) is 0.231. The topological polar surface area (TPSA) is 59.4 Å². The molecule has 1 atom stereocenters. The maximum absolute atomic E-state index is 11.7. The Kier molecular flexibility index (Phi) is 6.33. The molecule has 1 rings (SSSR count). The fourth-order valence-electron chi connectivity index (χ4n) is 1.18. The predicted octanol–water partition coefficient (Wildman–Crippen LogP) is 3.76. The van der Waals surface area contributed by atoms with Crippen LogP contribution in [0.4, 0.5) is 0 Å². The van der Waals surface area contributed by atoms with Gasteiger partial charge in [0, 0.05) is 0 Å². The lowest BCUT2D eigenvalue weighted by molar-refractivity contribution is 0.0360. The van der Waals surface area contributed by atoms with Crippen molar-refractivity contribution in [1.29, 1.82) is 5.41 Å². The molecule has 0 fully saturated rings. The minimum absolute atomic E-state index is 0.139. The second-order valence-electron chi connectivity index (χ2n) is 3.68. The summed E-state index contributed by atoms with van der Waals surface area (Å²) in [6, 6.07) is 8.47. The Balaban J connectivity index is 2.52. The zero-order valence-corrected chi connectivity index (χ0v) is 12.6. The normalized spacial score (nSPS) is 12.3. The maximum atomic E-state index is 11.7. The summed E-state index contributed by atoms with van der Waals surface area (Å²) in [6.45, 7) is 3.37. The van der Waals surface area contributed by atoms with E-state index in [0.29, 0.717) is 5.56 Å². The van der Waals surface area contributed by atoms with Crippen LogP contribution < -0.4 is 0 Å². The van der Waals surface area contributed by atoms with Crippen molar-refractivity contribution in [2.45, 2.75) is 9.90 Å². The van der Waals surface area contributed by atoms with Gasteiger partial charge in [-0.05, 0) is 18.2 Å². The van der Waals surface area contributed by atoms with Gasteiger partial charge in [0.05, 0.1) is 5.56 Å². The number of rotatable bonds is 5. The van der Waals surface area contributed by atoms with Gasteiger partial charge in [0.15, 0.2) is 6.10 Å². The molecule has 0 aliphatic rings. The number of alkyl halides is 3. The van der Waals surface area contributed by atoms with Crippen LogP contribution in [0.1, 0.15) is 10.4 Å². The van der Waals surface area contributed by atoms with Gasteiger partial charge in [-0.2, -0.15) is 0 Å². The third-order valence-electron chi connectivity index (χ3n) is 2.18. The molecule has 1 N–H and O–H groups in total. The van der Waals surface area contributed by atoms with Gasteiger partial charge in [-0.15, -0.1) is 0 Å². The van der Waals surface area contributed by atoms with Crippen LogP contribution in [-0.2, 0) is 9.47 Å². The van der Waals surface area contributed by atoms with Crippen molar-refractivity contribution in [3.63, 3.8) is 0 Å². The van der Waals surface area contributed by atoms with Gasteiger partial charge < -0.3 is 9.47 Å². The van der Waals surface area contributed by atoms with Crippen LogP contribution in [0.2, 0.25) is 0 Å². The Bertz CT molecular complexity index is 485. The third kappa shape index (κ3) is 5.41.